The highest BCUT2D eigenvalue weighted by Crippen LogP contribution is 2.26. The van der Waals surface area contributed by atoms with E-state index in [9.17, 15) is 0 Å². The van der Waals surface area contributed by atoms with Crippen LogP contribution in [0.25, 0.3) is 11.3 Å². The van der Waals surface area contributed by atoms with E-state index in [1.165, 1.54) is 12.8 Å². The van der Waals surface area contributed by atoms with Gasteiger partial charge in [0.15, 0.2) is 0 Å². The fraction of sp³-hybridized carbons (Fsp3) is 0.238. The van der Waals surface area contributed by atoms with Crippen molar-refractivity contribution in [2.75, 3.05) is 10.6 Å². The molecule has 1 aromatic carbocycles. The maximum Gasteiger partial charge on any atom is 0.225 e. The van der Waals surface area contributed by atoms with Crippen molar-refractivity contribution in [3.05, 3.63) is 60.4 Å². The fourth-order valence-electron chi connectivity index (χ4n) is 3.31. The van der Waals surface area contributed by atoms with Crippen LogP contribution in [0.3, 0.4) is 0 Å². The van der Waals surface area contributed by atoms with Gasteiger partial charge in [0, 0.05) is 35.8 Å². The second-order valence-electron chi connectivity index (χ2n) is 6.64. The third-order valence-corrected chi connectivity index (χ3v) is 4.65. The van der Waals surface area contributed by atoms with E-state index in [1.54, 1.807) is 24.5 Å². The lowest BCUT2D eigenvalue weighted by atomic mass is 10.2. The number of nitrogens with zero attached hydrogens (tertiary/aromatic N) is 4. The molecule has 2 N–H and O–H groups in total. The minimum Gasteiger partial charge on any atom is -0.351 e. The molecule has 0 aliphatic heterocycles. The van der Waals surface area contributed by atoms with Gasteiger partial charge in [-0.3, -0.25) is 4.98 Å². The first kappa shape index (κ1) is 17.0. The van der Waals surface area contributed by atoms with Crippen molar-refractivity contribution in [2.45, 2.75) is 31.7 Å². The Morgan fingerprint density at radius 3 is 2.59 bits per heavy atom. The van der Waals surface area contributed by atoms with Crippen LogP contribution in [-0.2, 0) is 0 Å². The zero-order valence-electron chi connectivity index (χ0n) is 14.9. The smallest absolute Gasteiger partial charge is 0.225 e. The van der Waals surface area contributed by atoms with Gasteiger partial charge in [0.25, 0.3) is 0 Å². The third-order valence-electron chi connectivity index (χ3n) is 4.65. The Kier molecular flexibility index (Phi) is 4.93. The van der Waals surface area contributed by atoms with E-state index >= 15 is 0 Å². The predicted molar refractivity (Wildman–Crippen MR) is 106 cm³/mol. The number of benzene rings is 1. The molecule has 0 spiro atoms. The predicted octanol–water partition coefficient (Wildman–Crippen LogP) is 4.51. The molecule has 6 heteroatoms. The molecule has 0 unspecified atom stereocenters. The lowest BCUT2D eigenvalue weighted by Gasteiger charge is -2.15. The molecule has 6 nitrogen and oxygen atoms in total. The Hall–Kier alpha value is -3.46. The molecule has 1 fully saturated rings. The van der Waals surface area contributed by atoms with Crippen LogP contribution in [0.15, 0.2) is 54.9 Å². The highest BCUT2D eigenvalue weighted by Gasteiger charge is 2.17. The minimum absolute atomic E-state index is 0.424. The summed E-state index contributed by atoms with van der Waals surface area (Å²) in [6.07, 6.45) is 8.29. The molecule has 0 saturated heterocycles. The summed E-state index contributed by atoms with van der Waals surface area (Å²) < 4.78 is 0. The molecule has 0 radical (unpaired) electrons. The molecule has 1 aliphatic rings. The molecule has 27 heavy (non-hydrogen) atoms. The molecular weight excluding hydrogens is 336 g/mol. The first-order chi connectivity index (χ1) is 13.3. The average Bonchev–Trinajstić information content (AvgIpc) is 3.21. The van der Waals surface area contributed by atoms with Gasteiger partial charge in [-0.25, -0.2) is 4.98 Å². The Balaban J connectivity index is 1.67. The van der Waals surface area contributed by atoms with Gasteiger partial charge in [0.2, 0.25) is 5.95 Å². The number of hydrogen-bond donors (Lipinski definition) is 2. The van der Waals surface area contributed by atoms with E-state index in [-0.39, 0.29) is 0 Å². The molecule has 1 aliphatic carbocycles. The largest absolute Gasteiger partial charge is 0.351 e. The number of anilines is 3. The fourth-order valence-corrected chi connectivity index (χ4v) is 3.31. The summed E-state index contributed by atoms with van der Waals surface area (Å²) in [6, 6.07) is 15.7. The Labute approximate surface area is 158 Å². The van der Waals surface area contributed by atoms with Crippen LogP contribution in [0, 0.1) is 11.3 Å². The molecule has 2 aromatic heterocycles. The molecule has 0 amide bonds. The third kappa shape index (κ3) is 4.21. The van der Waals surface area contributed by atoms with Gasteiger partial charge in [-0.2, -0.15) is 10.2 Å². The number of pyridine rings is 1. The van der Waals surface area contributed by atoms with Crippen LogP contribution >= 0.6 is 0 Å². The highest BCUT2D eigenvalue weighted by atomic mass is 15.2. The first-order valence-electron chi connectivity index (χ1n) is 9.13. The summed E-state index contributed by atoms with van der Waals surface area (Å²) in [7, 11) is 0. The van der Waals surface area contributed by atoms with Gasteiger partial charge in [-0.05, 0) is 43.2 Å². The van der Waals surface area contributed by atoms with Crippen molar-refractivity contribution < 1.29 is 0 Å². The number of hydrogen-bond acceptors (Lipinski definition) is 6. The van der Waals surface area contributed by atoms with Crippen LogP contribution in [0.4, 0.5) is 17.5 Å². The Morgan fingerprint density at radius 1 is 1.00 bits per heavy atom. The van der Waals surface area contributed by atoms with Gasteiger partial charge in [0.1, 0.15) is 5.82 Å². The molecule has 0 bridgehead atoms. The van der Waals surface area contributed by atoms with Gasteiger partial charge >= 0.3 is 0 Å². The van der Waals surface area contributed by atoms with Crippen LogP contribution in [-0.4, -0.2) is 21.0 Å². The maximum absolute atomic E-state index is 9.11. The lowest BCUT2D eigenvalue weighted by molar-refractivity contribution is 0.744. The molecule has 134 valence electrons. The van der Waals surface area contributed by atoms with Crippen molar-refractivity contribution in [3.63, 3.8) is 0 Å². The molecular formula is C21H20N6. The highest BCUT2D eigenvalue weighted by molar-refractivity contribution is 5.67. The van der Waals surface area contributed by atoms with Crippen LogP contribution < -0.4 is 10.6 Å². The van der Waals surface area contributed by atoms with Crippen LogP contribution in [0.5, 0.6) is 0 Å². The van der Waals surface area contributed by atoms with Crippen molar-refractivity contribution in [3.8, 4) is 17.3 Å². The van der Waals surface area contributed by atoms with Crippen LogP contribution in [0.2, 0.25) is 0 Å². The normalized spacial score (nSPS) is 13.9. The maximum atomic E-state index is 9.11. The summed E-state index contributed by atoms with van der Waals surface area (Å²) in [5, 5.41) is 15.9. The van der Waals surface area contributed by atoms with E-state index in [0.717, 1.165) is 29.8 Å². The van der Waals surface area contributed by atoms with E-state index in [0.29, 0.717) is 23.4 Å². The molecule has 4 rings (SSSR count). The second kappa shape index (κ2) is 7.83. The van der Waals surface area contributed by atoms with Crippen LogP contribution in [0.1, 0.15) is 31.2 Å². The standard InChI is InChI=1S/C21H20N6/c22-14-15-4-3-7-18(12-15)24-20-13-19(16-8-10-23-11-9-16)26-21(27-20)25-17-5-1-2-6-17/h3-4,7-13,17H,1-2,5-6H2,(H2,24,25,26,27). The zero-order valence-corrected chi connectivity index (χ0v) is 14.9. The Bertz CT molecular complexity index is 958. The summed E-state index contributed by atoms with van der Waals surface area (Å²) in [4.78, 5) is 13.4. The van der Waals surface area contributed by atoms with E-state index in [4.69, 9.17) is 10.2 Å². The van der Waals surface area contributed by atoms with Crippen molar-refractivity contribution in [2.24, 2.45) is 0 Å². The number of aromatic nitrogens is 3. The minimum atomic E-state index is 0.424. The number of nitrogens with one attached hydrogen (secondary N) is 2. The lowest BCUT2D eigenvalue weighted by Crippen LogP contribution is -2.17. The number of rotatable bonds is 5. The monoisotopic (exact) mass is 356 g/mol. The summed E-state index contributed by atoms with van der Waals surface area (Å²) in [5.74, 6) is 1.31. The van der Waals surface area contributed by atoms with Crippen molar-refractivity contribution in [1.82, 2.24) is 15.0 Å². The first-order valence-corrected chi connectivity index (χ1v) is 9.13. The number of nitriles is 1. The molecule has 2 heterocycles. The van der Waals surface area contributed by atoms with Gasteiger partial charge in [-0.1, -0.05) is 18.9 Å². The second-order valence-corrected chi connectivity index (χ2v) is 6.64. The molecule has 0 atom stereocenters. The molecule has 3 aromatic rings. The van der Waals surface area contributed by atoms with Gasteiger partial charge < -0.3 is 10.6 Å². The van der Waals surface area contributed by atoms with Gasteiger partial charge in [-0.15, -0.1) is 0 Å². The van der Waals surface area contributed by atoms with Crippen molar-refractivity contribution >= 4 is 17.5 Å². The summed E-state index contributed by atoms with van der Waals surface area (Å²) >= 11 is 0. The topological polar surface area (TPSA) is 86.5 Å². The summed E-state index contributed by atoms with van der Waals surface area (Å²) in [5.41, 5.74) is 3.23. The van der Waals surface area contributed by atoms with Crippen molar-refractivity contribution in [1.29, 1.82) is 5.26 Å². The Morgan fingerprint density at radius 2 is 1.81 bits per heavy atom. The summed E-state index contributed by atoms with van der Waals surface area (Å²) in [6.45, 7) is 0. The van der Waals surface area contributed by atoms with E-state index in [2.05, 4.69) is 26.7 Å². The van der Waals surface area contributed by atoms with E-state index < -0.39 is 0 Å². The SMILES string of the molecule is N#Cc1cccc(Nc2cc(-c3ccncc3)nc(NC3CCCC3)n2)c1. The van der Waals surface area contributed by atoms with E-state index in [1.807, 2.05) is 30.3 Å². The van der Waals surface area contributed by atoms with Gasteiger partial charge in [0.05, 0.1) is 17.3 Å². The zero-order chi connectivity index (χ0) is 18.5. The quantitative estimate of drug-likeness (QED) is 0.699. The average molecular weight is 356 g/mol. The molecule has 1 saturated carbocycles.